The van der Waals surface area contributed by atoms with E-state index in [1.165, 1.54) is 6.07 Å². The Morgan fingerprint density at radius 3 is 2.61 bits per heavy atom. The van der Waals surface area contributed by atoms with Crippen LogP contribution in [0.3, 0.4) is 0 Å². The van der Waals surface area contributed by atoms with Gasteiger partial charge in [-0.3, -0.25) is 4.79 Å². The zero-order chi connectivity index (χ0) is 13.7. The van der Waals surface area contributed by atoms with E-state index >= 15 is 0 Å². The number of amides is 1. The first kappa shape index (κ1) is 14.0. The summed E-state index contributed by atoms with van der Waals surface area (Å²) in [4.78, 5) is 22.6. The molecule has 5 heteroatoms. The zero-order valence-corrected chi connectivity index (χ0v) is 10.7. The van der Waals surface area contributed by atoms with Gasteiger partial charge in [-0.2, -0.15) is 0 Å². The van der Waals surface area contributed by atoms with Gasteiger partial charge in [0.2, 0.25) is 0 Å². The fraction of sp³-hybridized carbons (Fsp3) is 0.385. The fourth-order valence-corrected chi connectivity index (χ4v) is 1.38. The number of hydrogen-bond donors (Lipinski definition) is 2. The molecular weight excluding hydrogens is 234 g/mol. The SMILES string of the molecule is CCOC(=O)C(=O)Nc1cc(C(C)C)ccc1O. The Hall–Kier alpha value is -2.04. The maximum atomic E-state index is 11.4. The normalized spacial score (nSPS) is 10.2. The number of carbonyl (C=O) groups is 2. The van der Waals surface area contributed by atoms with Crippen molar-refractivity contribution in [3.63, 3.8) is 0 Å². The van der Waals surface area contributed by atoms with Crippen molar-refractivity contribution in [2.45, 2.75) is 26.7 Å². The van der Waals surface area contributed by atoms with Crippen LogP contribution in [-0.4, -0.2) is 23.6 Å². The highest BCUT2D eigenvalue weighted by Crippen LogP contribution is 2.27. The van der Waals surface area contributed by atoms with E-state index in [9.17, 15) is 14.7 Å². The summed E-state index contributed by atoms with van der Waals surface area (Å²) < 4.78 is 4.56. The smallest absolute Gasteiger partial charge is 0.397 e. The number of anilines is 1. The second kappa shape index (κ2) is 6.05. The number of carbonyl (C=O) groups excluding carboxylic acids is 2. The third-order valence-corrected chi connectivity index (χ3v) is 2.40. The molecule has 0 saturated carbocycles. The molecule has 1 aromatic rings. The lowest BCUT2D eigenvalue weighted by atomic mass is 10.0. The van der Waals surface area contributed by atoms with Crippen LogP contribution in [0.25, 0.3) is 0 Å². The molecule has 0 aliphatic rings. The second-order valence-electron chi connectivity index (χ2n) is 4.11. The first-order chi connectivity index (χ1) is 8.45. The van der Waals surface area contributed by atoms with E-state index in [0.29, 0.717) is 0 Å². The van der Waals surface area contributed by atoms with Gasteiger partial charge in [-0.1, -0.05) is 19.9 Å². The third kappa shape index (κ3) is 3.48. The van der Waals surface area contributed by atoms with Crippen molar-refractivity contribution in [3.8, 4) is 5.75 Å². The number of phenols is 1. The Labute approximate surface area is 106 Å². The quantitative estimate of drug-likeness (QED) is 0.489. The summed E-state index contributed by atoms with van der Waals surface area (Å²) in [7, 11) is 0. The molecule has 0 bridgehead atoms. The van der Waals surface area contributed by atoms with Crippen LogP contribution in [0.1, 0.15) is 32.3 Å². The Kier molecular flexibility index (Phi) is 4.71. The summed E-state index contributed by atoms with van der Waals surface area (Å²) in [6.07, 6.45) is 0. The average Bonchev–Trinajstić information content (AvgIpc) is 2.31. The number of aromatic hydroxyl groups is 1. The van der Waals surface area contributed by atoms with E-state index in [-0.39, 0.29) is 24.0 Å². The van der Waals surface area contributed by atoms with Crippen LogP contribution in [0.15, 0.2) is 18.2 Å². The van der Waals surface area contributed by atoms with E-state index in [2.05, 4.69) is 10.1 Å². The van der Waals surface area contributed by atoms with E-state index in [1.54, 1.807) is 19.1 Å². The average molecular weight is 251 g/mol. The third-order valence-electron chi connectivity index (χ3n) is 2.40. The van der Waals surface area contributed by atoms with Gasteiger partial charge in [-0.15, -0.1) is 0 Å². The summed E-state index contributed by atoms with van der Waals surface area (Å²) in [5, 5.41) is 11.9. The minimum atomic E-state index is -0.966. The molecule has 0 saturated heterocycles. The van der Waals surface area contributed by atoms with E-state index in [1.807, 2.05) is 13.8 Å². The Bertz CT molecular complexity index is 454. The predicted molar refractivity (Wildman–Crippen MR) is 67.5 cm³/mol. The highest BCUT2D eigenvalue weighted by Gasteiger charge is 2.16. The lowest BCUT2D eigenvalue weighted by Gasteiger charge is -2.11. The first-order valence-electron chi connectivity index (χ1n) is 5.76. The molecule has 1 aromatic carbocycles. The first-order valence-corrected chi connectivity index (χ1v) is 5.76. The molecule has 0 aromatic heterocycles. The summed E-state index contributed by atoms with van der Waals surface area (Å²) in [5.41, 5.74) is 1.16. The van der Waals surface area contributed by atoms with Gasteiger partial charge in [0, 0.05) is 0 Å². The molecule has 1 amide bonds. The molecule has 98 valence electrons. The number of esters is 1. The van der Waals surface area contributed by atoms with Crippen molar-refractivity contribution >= 4 is 17.6 Å². The molecule has 0 radical (unpaired) electrons. The fourth-order valence-electron chi connectivity index (χ4n) is 1.38. The molecule has 0 fully saturated rings. The van der Waals surface area contributed by atoms with Gasteiger partial charge in [0.25, 0.3) is 0 Å². The largest absolute Gasteiger partial charge is 0.506 e. The maximum absolute atomic E-state index is 11.4. The molecule has 5 nitrogen and oxygen atoms in total. The van der Waals surface area contributed by atoms with Crippen LogP contribution >= 0.6 is 0 Å². The van der Waals surface area contributed by atoms with Crippen molar-refractivity contribution in [2.75, 3.05) is 11.9 Å². The summed E-state index contributed by atoms with van der Waals surface area (Å²) in [6, 6.07) is 4.88. The number of rotatable bonds is 3. The predicted octanol–water partition coefficient (Wildman–Crippen LogP) is 2.02. The maximum Gasteiger partial charge on any atom is 0.397 e. The van der Waals surface area contributed by atoms with E-state index in [4.69, 9.17) is 0 Å². The van der Waals surface area contributed by atoms with Gasteiger partial charge in [-0.25, -0.2) is 4.79 Å². The van der Waals surface area contributed by atoms with Crippen molar-refractivity contribution < 1.29 is 19.4 Å². The number of ether oxygens (including phenoxy) is 1. The zero-order valence-electron chi connectivity index (χ0n) is 10.7. The molecule has 0 aliphatic carbocycles. The number of hydrogen-bond acceptors (Lipinski definition) is 4. The molecule has 1 rings (SSSR count). The van der Waals surface area contributed by atoms with Crippen molar-refractivity contribution in [3.05, 3.63) is 23.8 Å². The minimum Gasteiger partial charge on any atom is -0.506 e. The summed E-state index contributed by atoms with van der Waals surface area (Å²) in [5.74, 6) is -1.69. The van der Waals surface area contributed by atoms with E-state index < -0.39 is 11.9 Å². The van der Waals surface area contributed by atoms with Gasteiger partial charge >= 0.3 is 11.9 Å². The van der Waals surface area contributed by atoms with Gasteiger partial charge in [0.15, 0.2) is 0 Å². The van der Waals surface area contributed by atoms with Crippen LogP contribution in [0.4, 0.5) is 5.69 Å². The summed E-state index contributed by atoms with van der Waals surface area (Å²) >= 11 is 0. The molecule has 0 aliphatic heterocycles. The van der Waals surface area contributed by atoms with Crippen molar-refractivity contribution in [1.82, 2.24) is 0 Å². The van der Waals surface area contributed by atoms with Crippen molar-refractivity contribution in [1.29, 1.82) is 0 Å². The molecular formula is C13H17NO4. The lowest BCUT2D eigenvalue weighted by molar-refractivity contribution is -0.152. The Morgan fingerprint density at radius 1 is 1.39 bits per heavy atom. The van der Waals surface area contributed by atoms with Crippen LogP contribution < -0.4 is 5.32 Å². The highest BCUT2D eigenvalue weighted by molar-refractivity contribution is 6.37. The molecule has 18 heavy (non-hydrogen) atoms. The monoisotopic (exact) mass is 251 g/mol. The molecule has 0 spiro atoms. The topological polar surface area (TPSA) is 75.6 Å². The number of benzene rings is 1. The minimum absolute atomic E-state index is 0.0861. The van der Waals surface area contributed by atoms with Crippen LogP contribution in [0, 0.1) is 0 Å². The molecule has 0 unspecified atom stereocenters. The molecule has 0 heterocycles. The lowest BCUT2D eigenvalue weighted by Crippen LogP contribution is -2.25. The van der Waals surface area contributed by atoms with Crippen LogP contribution in [0.5, 0.6) is 5.75 Å². The van der Waals surface area contributed by atoms with Crippen LogP contribution in [-0.2, 0) is 14.3 Å². The molecule has 2 N–H and O–H groups in total. The molecule has 0 atom stereocenters. The van der Waals surface area contributed by atoms with Crippen molar-refractivity contribution in [2.24, 2.45) is 0 Å². The standard InChI is InChI=1S/C13H17NO4/c1-4-18-13(17)12(16)14-10-7-9(8(2)3)5-6-11(10)15/h5-8,15H,4H2,1-3H3,(H,14,16). The number of nitrogens with one attached hydrogen (secondary N) is 1. The summed E-state index contributed by atoms with van der Waals surface area (Å²) in [6.45, 7) is 5.72. The van der Waals surface area contributed by atoms with Gasteiger partial charge in [0.1, 0.15) is 5.75 Å². The highest BCUT2D eigenvalue weighted by atomic mass is 16.5. The van der Waals surface area contributed by atoms with Gasteiger partial charge in [0.05, 0.1) is 12.3 Å². The Morgan fingerprint density at radius 2 is 2.06 bits per heavy atom. The Balaban J connectivity index is 2.86. The van der Waals surface area contributed by atoms with Gasteiger partial charge < -0.3 is 15.2 Å². The van der Waals surface area contributed by atoms with Gasteiger partial charge in [-0.05, 0) is 30.5 Å². The number of phenolic OH excluding ortho intramolecular Hbond substituents is 1. The second-order valence-corrected chi connectivity index (χ2v) is 4.11. The van der Waals surface area contributed by atoms with Crippen LogP contribution in [0.2, 0.25) is 0 Å². The van der Waals surface area contributed by atoms with E-state index in [0.717, 1.165) is 5.56 Å².